The van der Waals surface area contributed by atoms with Crippen LogP contribution in [0.25, 0.3) is 21.9 Å². The highest BCUT2D eigenvalue weighted by Crippen LogP contribution is 2.30. The van der Waals surface area contributed by atoms with Gasteiger partial charge in [0, 0.05) is 43.9 Å². The van der Waals surface area contributed by atoms with Crippen molar-refractivity contribution in [3.05, 3.63) is 30.2 Å². The van der Waals surface area contributed by atoms with Crippen molar-refractivity contribution < 1.29 is 14.2 Å². The second kappa shape index (κ2) is 9.73. The number of rotatable bonds is 9. The molecule has 0 aliphatic carbocycles. The molecular formula is C23H32N4O3. The Morgan fingerprint density at radius 3 is 2.80 bits per heavy atom. The number of hydrogen-bond acceptors (Lipinski definition) is 6. The average Bonchev–Trinajstić information content (AvgIpc) is 3.19. The van der Waals surface area contributed by atoms with Crippen LogP contribution in [0.2, 0.25) is 0 Å². The highest BCUT2D eigenvalue weighted by Gasteiger charge is 2.17. The number of fused-ring (bicyclic) bond motifs is 3. The highest BCUT2D eigenvalue weighted by molar-refractivity contribution is 6.04. The van der Waals surface area contributed by atoms with Crippen molar-refractivity contribution >= 4 is 27.6 Å². The number of imidazole rings is 1. The fourth-order valence-electron chi connectivity index (χ4n) is 3.93. The maximum Gasteiger partial charge on any atom is 0.113 e. The van der Waals surface area contributed by atoms with Crippen LogP contribution in [0.5, 0.6) is 0 Å². The van der Waals surface area contributed by atoms with Crippen molar-refractivity contribution in [3.63, 3.8) is 0 Å². The second-order valence-corrected chi connectivity index (χ2v) is 7.90. The lowest BCUT2D eigenvalue weighted by atomic mass is 10.1. The maximum absolute atomic E-state index is 5.72. The molecule has 0 amide bonds. The van der Waals surface area contributed by atoms with Crippen LogP contribution in [0.1, 0.15) is 32.9 Å². The minimum atomic E-state index is 0.256. The first-order chi connectivity index (χ1) is 14.7. The first-order valence-electron chi connectivity index (χ1n) is 11.0. The van der Waals surface area contributed by atoms with Gasteiger partial charge >= 0.3 is 0 Å². The first-order valence-corrected chi connectivity index (χ1v) is 11.0. The molecule has 2 aromatic heterocycles. The predicted molar refractivity (Wildman–Crippen MR) is 119 cm³/mol. The third-order valence-electron chi connectivity index (χ3n) is 5.42. The Balaban J connectivity index is 1.71. The Morgan fingerprint density at radius 1 is 1.20 bits per heavy atom. The Hall–Kier alpha value is -2.22. The van der Waals surface area contributed by atoms with E-state index in [9.17, 15) is 0 Å². The summed E-state index contributed by atoms with van der Waals surface area (Å²) in [5.74, 6) is 0. The summed E-state index contributed by atoms with van der Waals surface area (Å²) in [5, 5.41) is 1.13. The van der Waals surface area contributed by atoms with Crippen LogP contribution < -0.4 is 4.90 Å². The zero-order valence-corrected chi connectivity index (χ0v) is 18.3. The third-order valence-corrected chi connectivity index (χ3v) is 5.42. The van der Waals surface area contributed by atoms with Gasteiger partial charge in [-0.25, -0.2) is 9.97 Å². The van der Waals surface area contributed by atoms with E-state index in [4.69, 9.17) is 24.2 Å². The third kappa shape index (κ3) is 4.58. The molecule has 1 aromatic carbocycles. The van der Waals surface area contributed by atoms with Gasteiger partial charge in [0.1, 0.15) is 5.52 Å². The van der Waals surface area contributed by atoms with E-state index in [0.29, 0.717) is 13.2 Å². The average molecular weight is 413 g/mol. The van der Waals surface area contributed by atoms with Gasteiger partial charge in [-0.1, -0.05) is 0 Å². The molecule has 0 radical (unpaired) electrons. The molecule has 1 aliphatic heterocycles. The van der Waals surface area contributed by atoms with Crippen molar-refractivity contribution in [3.8, 4) is 0 Å². The molecule has 1 saturated heterocycles. The molecule has 7 nitrogen and oxygen atoms in total. The minimum absolute atomic E-state index is 0.256. The lowest BCUT2D eigenvalue weighted by molar-refractivity contribution is 0.0750. The van der Waals surface area contributed by atoms with Crippen LogP contribution in [0, 0.1) is 0 Å². The number of hydrogen-bond donors (Lipinski definition) is 0. The van der Waals surface area contributed by atoms with Gasteiger partial charge in [-0.2, -0.15) is 0 Å². The lowest BCUT2D eigenvalue weighted by Gasteiger charge is -2.29. The van der Waals surface area contributed by atoms with E-state index >= 15 is 0 Å². The number of aromatic nitrogens is 3. The lowest BCUT2D eigenvalue weighted by Crippen LogP contribution is -2.36. The van der Waals surface area contributed by atoms with E-state index in [2.05, 4.69) is 41.5 Å². The SMILES string of the molecule is CCOCc1nc2cc(N3CCOCC3)ccc2c2c1ncn2CCCOC(C)C. The van der Waals surface area contributed by atoms with Crippen molar-refractivity contribution in [1.82, 2.24) is 14.5 Å². The molecule has 30 heavy (non-hydrogen) atoms. The molecule has 0 atom stereocenters. The van der Waals surface area contributed by atoms with Crippen molar-refractivity contribution in [1.29, 1.82) is 0 Å². The van der Waals surface area contributed by atoms with E-state index in [0.717, 1.165) is 73.5 Å². The molecule has 4 rings (SSSR count). The molecule has 3 heterocycles. The standard InChI is InChI=1S/C23H32N4O3/c1-4-28-15-21-22-23(27(16-24-22)8-5-11-30-17(2)3)19-7-6-18(14-20(19)25-21)26-9-12-29-13-10-26/h6-7,14,16-17H,4-5,8-13,15H2,1-3H3. The zero-order chi connectivity index (χ0) is 20.9. The molecule has 162 valence electrons. The molecule has 7 heteroatoms. The largest absolute Gasteiger partial charge is 0.379 e. The Bertz CT molecular complexity index is 979. The number of ether oxygens (including phenoxy) is 3. The number of benzene rings is 1. The first kappa shape index (κ1) is 21.0. The molecule has 0 unspecified atom stereocenters. The number of nitrogens with zero attached hydrogens (tertiary/aromatic N) is 4. The summed E-state index contributed by atoms with van der Waals surface area (Å²) < 4.78 is 19.1. The number of anilines is 1. The molecule has 3 aromatic rings. The van der Waals surface area contributed by atoms with E-state index in [1.54, 1.807) is 0 Å². The summed E-state index contributed by atoms with van der Waals surface area (Å²) in [5.41, 5.74) is 5.14. The molecule has 0 spiro atoms. The molecule has 1 fully saturated rings. The molecule has 0 bridgehead atoms. The molecular weight excluding hydrogens is 380 g/mol. The van der Waals surface area contributed by atoms with E-state index < -0.39 is 0 Å². The molecule has 1 aliphatic rings. The summed E-state index contributed by atoms with van der Waals surface area (Å²) in [6.45, 7) is 12.2. The van der Waals surface area contributed by atoms with Crippen LogP contribution in [-0.4, -0.2) is 60.2 Å². The molecule has 0 N–H and O–H groups in total. The van der Waals surface area contributed by atoms with Gasteiger partial charge in [-0.3, -0.25) is 0 Å². The Morgan fingerprint density at radius 2 is 2.03 bits per heavy atom. The van der Waals surface area contributed by atoms with Gasteiger partial charge in [0.15, 0.2) is 0 Å². The number of pyridine rings is 1. The van der Waals surface area contributed by atoms with Gasteiger partial charge in [0.05, 0.1) is 49.0 Å². The van der Waals surface area contributed by atoms with Crippen LogP contribution in [-0.2, 0) is 27.4 Å². The topological polar surface area (TPSA) is 61.6 Å². The van der Waals surface area contributed by atoms with Gasteiger partial charge < -0.3 is 23.7 Å². The Kier molecular flexibility index (Phi) is 6.82. The van der Waals surface area contributed by atoms with Crippen LogP contribution in [0.3, 0.4) is 0 Å². The maximum atomic E-state index is 5.72. The van der Waals surface area contributed by atoms with Gasteiger partial charge in [0.2, 0.25) is 0 Å². The van der Waals surface area contributed by atoms with Gasteiger partial charge in [-0.15, -0.1) is 0 Å². The minimum Gasteiger partial charge on any atom is -0.379 e. The number of morpholine rings is 1. The van der Waals surface area contributed by atoms with E-state index in [1.807, 2.05) is 13.3 Å². The molecule has 0 saturated carbocycles. The summed E-state index contributed by atoms with van der Waals surface area (Å²) in [6, 6.07) is 6.56. The summed E-state index contributed by atoms with van der Waals surface area (Å²) in [7, 11) is 0. The number of aryl methyl sites for hydroxylation is 1. The van der Waals surface area contributed by atoms with Gasteiger partial charge in [-0.05, 0) is 45.4 Å². The van der Waals surface area contributed by atoms with Crippen molar-refractivity contribution in [2.75, 3.05) is 44.4 Å². The van der Waals surface area contributed by atoms with Gasteiger partial charge in [0.25, 0.3) is 0 Å². The van der Waals surface area contributed by atoms with E-state index in [-0.39, 0.29) is 6.10 Å². The predicted octanol–water partition coefficient (Wildman–Crippen LogP) is 3.77. The van der Waals surface area contributed by atoms with E-state index in [1.165, 1.54) is 5.69 Å². The summed E-state index contributed by atoms with van der Waals surface area (Å²) in [6.07, 6.45) is 3.12. The summed E-state index contributed by atoms with van der Waals surface area (Å²) >= 11 is 0. The highest BCUT2D eigenvalue weighted by atomic mass is 16.5. The fraction of sp³-hybridized carbons (Fsp3) is 0.565. The smallest absolute Gasteiger partial charge is 0.113 e. The second-order valence-electron chi connectivity index (χ2n) is 7.90. The van der Waals surface area contributed by atoms with Crippen molar-refractivity contribution in [2.24, 2.45) is 0 Å². The summed E-state index contributed by atoms with van der Waals surface area (Å²) in [4.78, 5) is 12.0. The monoisotopic (exact) mass is 412 g/mol. The normalized spacial score (nSPS) is 15.0. The zero-order valence-electron chi connectivity index (χ0n) is 18.3. The Labute approximate surface area is 177 Å². The van der Waals surface area contributed by atoms with Crippen molar-refractivity contribution in [2.45, 2.75) is 46.4 Å². The fourth-order valence-corrected chi connectivity index (χ4v) is 3.93. The van der Waals surface area contributed by atoms with Crippen LogP contribution >= 0.6 is 0 Å². The van der Waals surface area contributed by atoms with Crippen LogP contribution in [0.4, 0.5) is 5.69 Å². The van der Waals surface area contributed by atoms with Crippen LogP contribution in [0.15, 0.2) is 24.5 Å². The quantitative estimate of drug-likeness (QED) is 0.499.